The van der Waals surface area contributed by atoms with Crippen molar-refractivity contribution in [3.63, 3.8) is 0 Å². The first-order valence-corrected chi connectivity index (χ1v) is 8.21. The van der Waals surface area contributed by atoms with Crippen molar-refractivity contribution < 1.29 is 0 Å². The van der Waals surface area contributed by atoms with Crippen LogP contribution >= 0.6 is 0 Å². The van der Waals surface area contributed by atoms with E-state index in [1.165, 1.54) is 16.8 Å². The minimum Gasteiger partial charge on any atom is -0.398 e. The second-order valence-electron chi connectivity index (χ2n) is 6.49. The van der Waals surface area contributed by atoms with Crippen LogP contribution in [0.15, 0.2) is 36.4 Å². The van der Waals surface area contributed by atoms with Gasteiger partial charge in [0.2, 0.25) is 0 Å². The molecule has 0 saturated carbocycles. The van der Waals surface area contributed by atoms with Gasteiger partial charge in [0.25, 0.3) is 0 Å². The van der Waals surface area contributed by atoms with Crippen molar-refractivity contribution in [3.05, 3.63) is 58.9 Å². The summed E-state index contributed by atoms with van der Waals surface area (Å²) in [4.78, 5) is 6.92. The highest BCUT2D eigenvalue weighted by atomic mass is 15.2. The van der Waals surface area contributed by atoms with Crippen molar-refractivity contribution in [2.24, 2.45) is 0 Å². The van der Waals surface area contributed by atoms with Crippen LogP contribution in [0.4, 0.5) is 11.4 Å². The first-order chi connectivity index (χ1) is 11.6. The van der Waals surface area contributed by atoms with E-state index in [0.29, 0.717) is 5.82 Å². The molecule has 0 saturated heterocycles. The van der Waals surface area contributed by atoms with Gasteiger partial charge in [0, 0.05) is 37.0 Å². The normalized spacial score (nSPS) is 13.3. The lowest BCUT2D eigenvalue weighted by Gasteiger charge is -2.11. The van der Waals surface area contributed by atoms with Gasteiger partial charge in [0.15, 0.2) is 5.82 Å². The molecule has 0 radical (unpaired) electrons. The van der Waals surface area contributed by atoms with Crippen LogP contribution in [0.2, 0.25) is 0 Å². The number of fused-ring (bicyclic) bond motifs is 1. The minimum absolute atomic E-state index is 0.692. The van der Waals surface area contributed by atoms with E-state index in [-0.39, 0.29) is 0 Å². The van der Waals surface area contributed by atoms with Gasteiger partial charge in [0.1, 0.15) is 5.82 Å². The Morgan fingerprint density at radius 1 is 1.21 bits per heavy atom. The Labute approximate surface area is 141 Å². The molecule has 2 aromatic carbocycles. The predicted molar refractivity (Wildman–Crippen MR) is 97.2 cm³/mol. The van der Waals surface area contributed by atoms with Crippen molar-refractivity contribution in [3.8, 4) is 11.4 Å². The van der Waals surface area contributed by atoms with Gasteiger partial charge in [-0.1, -0.05) is 24.3 Å². The van der Waals surface area contributed by atoms with E-state index in [4.69, 9.17) is 5.73 Å². The Balaban J connectivity index is 1.56. The maximum absolute atomic E-state index is 5.98. The number of nitrogens with zero attached hydrogens (tertiary/aromatic N) is 3. The first kappa shape index (κ1) is 14.8. The number of hydrogen-bond acceptors (Lipinski definition) is 4. The van der Waals surface area contributed by atoms with Gasteiger partial charge in [-0.15, -0.1) is 0 Å². The lowest BCUT2D eigenvalue weighted by atomic mass is 10.1. The van der Waals surface area contributed by atoms with Gasteiger partial charge in [-0.05, 0) is 42.2 Å². The SMILES string of the molecule is Cc1ccc(-c2n[nH]c(Cc3ccc4c(c3)CCN4C)n2)cc1N. The third-order valence-corrected chi connectivity index (χ3v) is 4.71. The van der Waals surface area contributed by atoms with Crippen LogP contribution in [0.5, 0.6) is 0 Å². The van der Waals surface area contributed by atoms with E-state index >= 15 is 0 Å². The molecule has 3 aromatic rings. The number of benzene rings is 2. The number of rotatable bonds is 3. The molecule has 0 atom stereocenters. The summed E-state index contributed by atoms with van der Waals surface area (Å²) in [7, 11) is 2.14. The third kappa shape index (κ3) is 2.62. The summed E-state index contributed by atoms with van der Waals surface area (Å²) < 4.78 is 0. The number of nitrogens with two attached hydrogens (primary N) is 1. The van der Waals surface area contributed by atoms with Crippen LogP contribution in [0, 0.1) is 6.92 Å². The molecule has 5 heteroatoms. The Kier molecular flexibility index (Phi) is 3.49. The van der Waals surface area contributed by atoms with Crippen molar-refractivity contribution >= 4 is 11.4 Å². The fraction of sp³-hybridized carbons (Fsp3) is 0.263. The molecule has 0 bridgehead atoms. The molecule has 0 aliphatic carbocycles. The molecule has 122 valence electrons. The van der Waals surface area contributed by atoms with Crippen LogP contribution in [0.1, 0.15) is 22.5 Å². The summed E-state index contributed by atoms with van der Waals surface area (Å²) in [5, 5.41) is 7.39. The zero-order chi connectivity index (χ0) is 16.7. The summed E-state index contributed by atoms with van der Waals surface area (Å²) in [6.07, 6.45) is 1.87. The van der Waals surface area contributed by atoms with Crippen LogP contribution in [0.3, 0.4) is 0 Å². The molecule has 3 N–H and O–H groups in total. The number of nitrogens with one attached hydrogen (secondary N) is 1. The Morgan fingerprint density at radius 2 is 2.08 bits per heavy atom. The molecule has 5 nitrogen and oxygen atoms in total. The van der Waals surface area contributed by atoms with E-state index in [0.717, 1.165) is 42.0 Å². The number of nitrogen functional groups attached to an aromatic ring is 1. The molecular weight excluding hydrogens is 298 g/mol. The largest absolute Gasteiger partial charge is 0.398 e. The third-order valence-electron chi connectivity index (χ3n) is 4.71. The van der Waals surface area contributed by atoms with Crippen LogP contribution < -0.4 is 10.6 Å². The highest BCUT2D eigenvalue weighted by molar-refractivity contribution is 5.63. The predicted octanol–water partition coefficient (Wildman–Crippen LogP) is 2.95. The van der Waals surface area contributed by atoms with Crippen molar-refractivity contribution in [1.29, 1.82) is 0 Å². The lowest BCUT2D eigenvalue weighted by Crippen LogP contribution is -2.12. The van der Waals surface area contributed by atoms with Gasteiger partial charge in [-0.25, -0.2) is 4.98 Å². The lowest BCUT2D eigenvalue weighted by molar-refractivity contribution is 0.954. The summed E-state index contributed by atoms with van der Waals surface area (Å²) in [6, 6.07) is 12.6. The highest BCUT2D eigenvalue weighted by Gasteiger charge is 2.16. The zero-order valence-corrected chi connectivity index (χ0v) is 14.0. The number of H-pyrrole nitrogens is 1. The monoisotopic (exact) mass is 319 g/mol. The summed E-state index contributed by atoms with van der Waals surface area (Å²) >= 11 is 0. The molecule has 4 rings (SSSR count). The van der Waals surface area contributed by atoms with Gasteiger partial charge < -0.3 is 10.6 Å². The molecule has 1 aliphatic heterocycles. The molecule has 0 fully saturated rings. The highest BCUT2D eigenvalue weighted by Crippen LogP contribution is 2.28. The summed E-state index contributed by atoms with van der Waals surface area (Å²) in [6.45, 7) is 3.09. The number of aryl methyl sites for hydroxylation is 1. The quantitative estimate of drug-likeness (QED) is 0.728. The fourth-order valence-electron chi connectivity index (χ4n) is 3.21. The zero-order valence-electron chi connectivity index (χ0n) is 14.0. The maximum Gasteiger partial charge on any atom is 0.181 e. The number of aromatic amines is 1. The molecule has 0 unspecified atom stereocenters. The van der Waals surface area contributed by atoms with E-state index in [9.17, 15) is 0 Å². The van der Waals surface area contributed by atoms with Gasteiger partial charge in [-0.3, -0.25) is 5.10 Å². The number of likely N-dealkylation sites (N-methyl/N-ethyl adjacent to an activating group) is 1. The second kappa shape index (κ2) is 5.67. The molecule has 1 aromatic heterocycles. The molecule has 24 heavy (non-hydrogen) atoms. The van der Waals surface area contributed by atoms with Crippen molar-refractivity contribution in [1.82, 2.24) is 15.2 Å². The number of aromatic nitrogens is 3. The first-order valence-electron chi connectivity index (χ1n) is 8.21. The smallest absolute Gasteiger partial charge is 0.181 e. The van der Waals surface area contributed by atoms with E-state index in [2.05, 4.69) is 45.3 Å². The standard InChI is InChI=1S/C19H21N5/c1-12-3-5-15(11-16(12)20)19-21-18(22-23-19)10-13-4-6-17-14(9-13)7-8-24(17)2/h3-6,9,11H,7-8,10,20H2,1-2H3,(H,21,22,23). The second-order valence-corrected chi connectivity index (χ2v) is 6.49. The van der Waals surface area contributed by atoms with Gasteiger partial charge in [-0.2, -0.15) is 5.10 Å². The number of hydrogen-bond donors (Lipinski definition) is 2. The van der Waals surface area contributed by atoms with Crippen LogP contribution in [0.25, 0.3) is 11.4 Å². The van der Waals surface area contributed by atoms with E-state index < -0.39 is 0 Å². The number of anilines is 2. The summed E-state index contributed by atoms with van der Waals surface area (Å²) in [5.41, 5.74) is 12.8. The van der Waals surface area contributed by atoms with Crippen LogP contribution in [-0.2, 0) is 12.8 Å². The molecular formula is C19H21N5. The topological polar surface area (TPSA) is 70.8 Å². The average molecular weight is 319 g/mol. The van der Waals surface area contributed by atoms with Gasteiger partial charge in [0.05, 0.1) is 0 Å². The van der Waals surface area contributed by atoms with E-state index in [1.54, 1.807) is 0 Å². The van der Waals surface area contributed by atoms with Crippen molar-refractivity contribution in [2.45, 2.75) is 19.8 Å². The Morgan fingerprint density at radius 3 is 2.92 bits per heavy atom. The molecule has 0 amide bonds. The molecule has 0 spiro atoms. The maximum atomic E-state index is 5.98. The van der Waals surface area contributed by atoms with E-state index in [1.807, 2.05) is 25.1 Å². The summed E-state index contributed by atoms with van der Waals surface area (Å²) in [5.74, 6) is 1.56. The van der Waals surface area contributed by atoms with Crippen molar-refractivity contribution in [2.75, 3.05) is 24.2 Å². The van der Waals surface area contributed by atoms with Crippen LogP contribution in [-0.4, -0.2) is 28.8 Å². The molecule has 2 heterocycles. The van der Waals surface area contributed by atoms with Gasteiger partial charge >= 0.3 is 0 Å². The fourth-order valence-corrected chi connectivity index (χ4v) is 3.21. The Bertz CT molecular complexity index is 897. The molecule has 1 aliphatic rings. The average Bonchev–Trinajstić information content (AvgIpc) is 3.17. The Hall–Kier alpha value is -2.82. The minimum atomic E-state index is 0.692.